The Morgan fingerprint density at radius 2 is 1.95 bits per heavy atom. The molecule has 1 aromatic carbocycles. The van der Waals surface area contributed by atoms with Gasteiger partial charge < -0.3 is 14.8 Å². The highest BCUT2D eigenvalue weighted by molar-refractivity contribution is 5.99. The average Bonchev–Trinajstić information content (AvgIpc) is 2.45. The fraction of sp³-hybridized carbons (Fsp3) is 0.533. The van der Waals surface area contributed by atoms with Crippen LogP contribution in [0.15, 0.2) is 24.3 Å². The van der Waals surface area contributed by atoms with Crippen molar-refractivity contribution in [1.29, 1.82) is 0 Å². The van der Waals surface area contributed by atoms with E-state index in [0.29, 0.717) is 25.3 Å². The van der Waals surface area contributed by atoms with Crippen LogP contribution in [0.2, 0.25) is 0 Å². The minimum Gasteiger partial charge on any atom is -0.494 e. The highest BCUT2D eigenvalue weighted by atomic mass is 16.5. The largest absolute Gasteiger partial charge is 0.494 e. The summed E-state index contributed by atoms with van der Waals surface area (Å²) in [6, 6.07) is 7.08. The Morgan fingerprint density at radius 3 is 2.53 bits per heavy atom. The number of hydrogen-bond acceptors (Lipinski definition) is 4. The molecule has 4 heteroatoms. The second-order valence-electron chi connectivity index (χ2n) is 4.41. The standard InChI is InChI=1S/C15H23NO3/c1-4-10-19-14-7-5-13(6-8-14)15(17)12(2)16-9-11-18-3/h5-8,12,16H,4,9-11H2,1-3H3. The first-order chi connectivity index (χ1) is 9.19. The SMILES string of the molecule is CCCOc1ccc(C(=O)C(C)NCCOC)cc1. The number of carbonyl (C=O) groups excluding carboxylic acids is 1. The van der Waals surface area contributed by atoms with Gasteiger partial charge in [0.25, 0.3) is 0 Å². The molecule has 1 atom stereocenters. The van der Waals surface area contributed by atoms with E-state index in [1.165, 1.54) is 0 Å². The van der Waals surface area contributed by atoms with Crippen molar-refractivity contribution in [1.82, 2.24) is 5.32 Å². The van der Waals surface area contributed by atoms with Crippen LogP contribution in [0.1, 0.15) is 30.6 Å². The molecule has 0 amide bonds. The van der Waals surface area contributed by atoms with Crippen LogP contribution in [0.4, 0.5) is 0 Å². The lowest BCUT2D eigenvalue weighted by atomic mass is 10.1. The third kappa shape index (κ3) is 5.41. The molecule has 1 aromatic rings. The topological polar surface area (TPSA) is 47.6 Å². The summed E-state index contributed by atoms with van der Waals surface area (Å²) in [7, 11) is 1.64. The molecule has 0 spiro atoms. The fourth-order valence-electron chi connectivity index (χ4n) is 1.66. The molecule has 0 saturated heterocycles. The van der Waals surface area contributed by atoms with Gasteiger partial charge in [0.1, 0.15) is 5.75 Å². The average molecular weight is 265 g/mol. The zero-order valence-electron chi connectivity index (χ0n) is 11.9. The normalized spacial score (nSPS) is 12.2. The lowest BCUT2D eigenvalue weighted by molar-refractivity contribution is 0.0945. The molecule has 1 unspecified atom stereocenters. The molecule has 106 valence electrons. The molecule has 1 rings (SSSR count). The highest BCUT2D eigenvalue weighted by Gasteiger charge is 2.14. The first-order valence-electron chi connectivity index (χ1n) is 6.68. The van der Waals surface area contributed by atoms with Gasteiger partial charge in [0.15, 0.2) is 5.78 Å². The Bertz CT molecular complexity index is 375. The predicted molar refractivity (Wildman–Crippen MR) is 75.9 cm³/mol. The van der Waals surface area contributed by atoms with Gasteiger partial charge in [-0.05, 0) is 37.6 Å². The molecule has 0 heterocycles. The van der Waals surface area contributed by atoms with Crippen molar-refractivity contribution in [3.05, 3.63) is 29.8 Å². The number of ketones is 1. The molecular weight excluding hydrogens is 242 g/mol. The van der Waals surface area contributed by atoms with Gasteiger partial charge in [-0.3, -0.25) is 4.79 Å². The maximum atomic E-state index is 12.1. The fourth-order valence-corrected chi connectivity index (χ4v) is 1.66. The summed E-state index contributed by atoms with van der Waals surface area (Å²) in [6.45, 7) is 5.88. The van der Waals surface area contributed by atoms with Crippen molar-refractivity contribution in [2.75, 3.05) is 26.9 Å². The van der Waals surface area contributed by atoms with E-state index in [2.05, 4.69) is 12.2 Å². The maximum absolute atomic E-state index is 12.1. The number of benzene rings is 1. The third-order valence-electron chi connectivity index (χ3n) is 2.76. The molecule has 0 aromatic heterocycles. The number of carbonyl (C=O) groups is 1. The number of nitrogens with one attached hydrogen (secondary N) is 1. The predicted octanol–water partition coefficient (Wildman–Crippen LogP) is 2.28. The second kappa shape index (κ2) is 8.67. The summed E-state index contributed by atoms with van der Waals surface area (Å²) in [6.07, 6.45) is 0.973. The van der Waals surface area contributed by atoms with Gasteiger partial charge in [-0.25, -0.2) is 0 Å². The summed E-state index contributed by atoms with van der Waals surface area (Å²) >= 11 is 0. The number of rotatable bonds is 9. The van der Waals surface area contributed by atoms with Gasteiger partial charge in [0, 0.05) is 19.2 Å². The van der Waals surface area contributed by atoms with Crippen molar-refractivity contribution in [3.8, 4) is 5.75 Å². The Morgan fingerprint density at radius 1 is 1.26 bits per heavy atom. The second-order valence-corrected chi connectivity index (χ2v) is 4.41. The van der Waals surface area contributed by atoms with Gasteiger partial charge in [0.2, 0.25) is 0 Å². The molecular formula is C15H23NO3. The van der Waals surface area contributed by atoms with E-state index in [9.17, 15) is 4.79 Å². The van der Waals surface area contributed by atoms with Gasteiger partial charge >= 0.3 is 0 Å². The maximum Gasteiger partial charge on any atom is 0.179 e. The highest BCUT2D eigenvalue weighted by Crippen LogP contribution is 2.13. The van der Waals surface area contributed by atoms with Crippen molar-refractivity contribution in [3.63, 3.8) is 0 Å². The quantitative estimate of drug-likeness (QED) is 0.549. The Kier molecular flexibility index (Phi) is 7.15. The van der Waals surface area contributed by atoms with Gasteiger partial charge in [-0.1, -0.05) is 6.92 Å². The van der Waals surface area contributed by atoms with Crippen molar-refractivity contribution < 1.29 is 14.3 Å². The summed E-state index contributed by atoms with van der Waals surface area (Å²) in [4.78, 5) is 12.1. The van der Waals surface area contributed by atoms with E-state index in [4.69, 9.17) is 9.47 Å². The number of methoxy groups -OCH3 is 1. The van der Waals surface area contributed by atoms with Crippen LogP contribution in [0.5, 0.6) is 5.75 Å². The van der Waals surface area contributed by atoms with Crippen LogP contribution < -0.4 is 10.1 Å². The van der Waals surface area contributed by atoms with E-state index in [-0.39, 0.29) is 11.8 Å². The molecule has 0 saturated carbocycles. The van der Waals surface area contributed by atoms with Gasteiger partial charge in [-0.15, -0.1) is 0 Å². The lowest BCUT2D eigenvalue weighted by Gasteiger charge is -2.13. The molecule has 1 N–H and O–H groups in total. The van der Waals surface area contributed by atoms with Gasteiger partial charge in [0.05, 0.1) is 19.3 Å². The zero-order valence-corrected chi connectivity index (χ0v) is 11.9. The number of Topliss-reactive ketones (excluding diaryl/α,β-unsaturated/α-hetero) is 1. The summed E-state index contributed by atoms with van der Waals surface area (Å²) in [5.74, 6) is 0.886. The monoisotopic (exact) mass is 265 g/mol. The van der Waals surface area contributed by atoms with Crippen LogP contribution in [-0.4, -0.2) is 38.7 Å². The van der Waals surface area contributed by atoms with Crippen molar-refractivity contribution in [2.24, 2.45) is 0 Å². The van der Waals surface area contributed by atoms with Crippen molar-refractivity contribution >= 4 is 5.78 Å². The number of hydrogen-bond donors (Lipinski definition) is 1. The minimum absolute atomic E-state index is 0.0816. The molecule has 19 heavy (non-hydrogen) atoms. The van der Waals surface area contributed by atoms with Crippen LogP contribution in [0, 0.1) is 0 Å². The molecule has 0 aliphatic carbocycles. The van der Waals surface area contributed by atoms with E-state index >= 15 is 0 Å². The molecule has 0 aliphatic rings. The van der Waals surface area contributed by atoms with E-state index in [1.54, 1.807) is 7.11 Å². The summed E-state index contributed by atoms with van der Waals surface area (Å²) in [5, 5.41) is 3.12. The molecule has 0 fully saturated rings. The first kappa shape index (κ1) is 15.7. The zero-order chi connectivity index (χ0) is 14.1. The van der Waals surface area contributed by atoms with E-state index in [1.807, 2.05) is 31.2 Å². The minimum atomic E-state index is -0.211. The van der Waals surface area contributed by atoms with Crippen LogP contribution in [0.3, 0.4) is 0 Å². The van der Waals surface area contributed by atoms with Gasteiger partial charge in [-0.2, -0.15) is 0 Å². The summed E-state index contributed by atoms with van der Waals surface area (Å²) in [5.41, 5.74) is 0.696. The Hall–Kier alpha value is -1.39. The smallest absolute Gasteiger partial charge is 0.179 e. The number of ether oxygens (including phenoxy) is 2. The molecule has 0 radical (unpaired) electrons. The van der Waals surface area contributed by atoms with E-state index in [0.717, 1.165) is 12.2 Å². The summed E-state index contributed by atoms with van der Waals surface area (Å²) < 4.78 is 10.4. The lowest BCUT2D eigenvalue weighted by Crippen LogP contribution is -2.36. The van der Waals surface area contributed by atoms with Crippen molar-refractivity contribution in [2.45, 2.75) is 26.3 Å². The first-order valence-corrected chi connectivity index (χ1v) is 6.68. The van der Waals surface area contributed by atoms with Crippen LogP contribution in [0.25, 0.3) is 0 Å². The Labute approximate surface area is 115 Å². The molecule has 0 bridgehead atoms. The van der Waals surface area contributed by atoms with Crippen LogP contribution in [-0.2, 0) is 4.74 Å². The molecule has 4 nitrogen and oxygen atoms in total. The van der Waals surface area contributed by atoms with Crippen LogP contribution >= 0.6 is 0 Å². The molecule has 0 aliphatic heterocycles. The Balaban J connectivity index is 2.52. The van der Waals surface area contributed by atoms with E-state index < -0.39 is 0 Å². The third-order valence-corrected chi connectivity index (χ3v) is 2.76.